The van der Waals surface area contributed by atoms with Crippen LogP contribution in [0.5, 0.6) is 0 Å². The summed E-state index contributed by atoms with van der Waals surface area (Å²) in [6.07, 6.45) is 2.37. The van der Waals surface area contributed by atoms with E-state index in [1.165, 1.54) is 24.1 Å². The minimum absolute atomic E-state index is 0.765. The number of aromatic amines is 1. The van der Waals surface area contributed by atoms with Crippen LogP contribution >= 0.6 is 0 Å². The standard InChI is InChI=1S/C17H18N4/c18-13-7-8-14-15(10-13)20-17(19-14)11-21-9-3-5-12-4-1-2-6-16(12)21/h1-2,4,6-8,10H,3,5,9,11,18H2,(H,19,20). The summed E-state index contributed by atoms with van der Waals surface area (Å²) in [6.45, 7) is 1.89. The maximum atomic E-state index is 5.82. The van der Waals surface area contributed by atoms with Crippen molar-refractivity contribution in [2.24, 2.45) is 0 Å². The van der Waals surface area contributed by atoms with Crippen molar-refractivity contribution >= 4 is 22.4 Å². The van der Waals surface area contributed by atoms with Crippen molar-refractivity contribution in [3.8, 4) is 0 Å². The number of nitrogens with two attached hydrogens (primary N) is 1. The fraction of sp³-hybridized carbons (Fsp3) is 0.235. The Labute approximate surface area is 123 Å². The van der Waals surface area contributed by atoms with Gasteiger partial charge in [0.2, 0.25) is 0 Å². The fourth-order valence-corrected chi connectivity index (χ4v) is 3.11. The Balaban J connectivity index is 1.66. The van der Waals surface area contributed by atoms with E-state index in [0.29, 0.717) is 0 Å². The highest BCUT2D eigenvalue weighted by Crippen LogP contribution is 2.28. The van der Waals surface area contributed by atoms with E-state index in [4.69, 9.17) is 5.73 Å². The molecule has 0 saturated carbocycles. The minimum atomic E-state index is 0.765. The largest absolute Gasteiger partial charge is 0.399 e. The van der Waals surface area contributed by atoms with E-state index < -0.39 is 0 Å². The summed E-state index contributed by atoms with van der Waals surface area (Å²) < 4.78 is 0. The van der Waals surface area contributed by atoms with Crippen LogP contribution in [0, 0.1) is 0 Å². The van der Waals surface area contributed by atoms with Crippen molar-refractivity contribution in [1.29, 1.82) is 0 Å². The quantitative estimate of drug-likeness (QED) is 0.708. The summed E-state index contributed by atoms with van der Waals surface area (Å²) >= 11 is 0. The molecule has 0 radical (unpaired) electrons. The topological polar surface area (TPSA) is 57.9 Å². The van der Waals surface area contributed by atoms with Gasteiger partial charge in [-0.15, -0.1) is 0 Å². The summed E-state index contributed by atoms with van der Waals surface area (Å²) in [5, 5.41) is 0. The molecule has 2 aromatic carbocycles. The molecule has 4 rings (SSSR count). The molecule has 0 aliphatic carbocycles. The SMILES string of the molecule is Nc1ccc2nc(CN3CCCc4ccccc43)[nH]c2c1. The van der Waals surface area contributed by atoms with Crippen molar-refractivity contribution in [2.75, 3.05) is 17.2 Å². The minimum Gasteiger partial charge on any atom is -0.399 e. The predicted octanol–water partition coefficient (Wildman–Crippen LogP) is 3.10. The van der Waals surface area contributed by atoms with Gasteiger partial charge in [-0.25, -0.2) is 4.98 Å². The second kappa shape index (κ2) is 4.81. The highest BCUT2D eigenvalue weighted by molar-refractivity contribution is 5.78. The monoisotopic (exact) mass is 278 g/mol. The molecule has 0 bridgehead atoms. The van der Waals surface area contributed by atoms with Gasteiger partial charge in [-0.1, -0.05) is 18.2 Å². The number of benzene rings is 2. The average molecular weight is 278 g/mol. The number of nitrogens with zero attached hydrogens (tertiary/aromatic N) is 2. The molecule has 4 nitrogen and oxygen atoms in total. The van der Waals surface area contributed by atoms with Crippen LogP contribution in [0.2, 0.25) is 0 Å². The maximum absolute atomic E-state index is 5.82. The summed E-state index contributed by atoms with van der Waals surface area (Å²) in [4.78, 5) is 10.5. The van der Waals surface area contributed by atoms with Crippen LogP contribution in [0.3, 0.4) is 0 Å². The number of aromatic nitrogens is 2. The van der Waals surface area contributed by atoms with E-state index in [-0.39, 0.29) is 0 Å². The highest BCUT2D eigenvalue weighted by Gasteiger charge is 2.17. The zero-order chi connectivity index (χ0) is 14.2. The number of nitrogen functional groups attached to an aromatic ring is 1. The van der Waals surface area contributed by atoms with Gasteiger partial charge in [0.15, 0.2) is 0 Å². The Hall–Kier alpha value is -2.49. The first-order valence-electron chi connectivity index (χ1n) is 7.36. The number of fused-ring (bicyclic) bond motifs is 2. The number of hydrogen-bond acceptors (Lipinski definition) is 3. The summed E-state index contributed by atoms with van der Waals surface area (Å²) in [5.41, 5.74) is 11.3. The van der Waals surface area contributed by atoms with Gasteiger partial charge >= 0.3 is 0 Å². The van der Waals surface area contributed by atoms with Crippen LogP contribution in [0.4, 0.5) is 11.4 Å². The average Bonchev–Trinajstić information content (AvgIpc) is 2.89. The molecule has 106 valence electrons. The Morgan fingerprint density at radius 1 is 1.19 bits per heavy atom. The van der Waals surface area contributed by atoms with E-state index in [9.17, 15) is 0 Å². The molecule has 0 unspecified atom stereocenters. The third-order valence-electron chi connectivity index (χ3n) is 4.10. The second-order valence-electron chi connectivity index (χ2n) is 5.61. The molecule has 1 aliphatic heterocycles. The van der Waals surface area contributed by atoms with Gasteiger partial charge in [-0.05, 0) is 42.7 Å². The van der Waals surface area contributed by atoms with Crippen molar-refractivity contribution < 1.29 is 0 Å². The number of nitrogens with one attached hydrogen (secondary N) is 1. The normalized spacial score (nSPS) is 14.4. The van der Waals surface area contributed by atoms with Crippen LogP contribution in [0.15, 0.2) is 42.5 Å². The zero-order valence-electron chi connectivity index (χ0n) is 11.8. The molecule has 0 spiro atoms. The lowest BCUT2D eigenvalue weighted by Gasteiger charge is -2.30. The summed E-state index contributed by atoms with van der Waals surface area (Å²) in [6, 6.07) is 14.5. The lowest BCUT2D eigenvalue weighted by molar-refractivity contribution is 0.678. The lowest BCUT2D eigenvalue weighted by Crippen LogP contribution is -2.29. The molecule has 1 aliphatic rings. The first-order valence-corrected chi connectivity index (χ1v) is 7.36. The van der Waals surface area contributed by atoms with E-state index in [2.05, 4.69) is 39.1 Å². The van der Waals surface area contributed by atoms with E-state index >= 15 is 0 Å². The van der Waals surface area contributed by atoms with Crippen molar-refractivity contribution in [2.45, 2.75) is 19.4 Å². The number of rotatable bonds is 2. The summed E-state index contributed by atoms with van der Waals surface area (Å²) in [5.74, 6) is 0.993. The molecule has 3 N–H and O–H groups in total. The third-order valence-corrected chi connectivity index (χ3v) is 4.10. The number of hydrogen-bond donors (Lipinski definition) is 2. The number of imidazole rings is 1. The van der Waals surface area contributed by atoms with Crippen LogP contribution in [0.1, 0.15) is 17.8 Å². The van der Waals surface area contributed by atoms with Crippen LogP contribution in [0.25, 0.3) is 11.0 Å². The Kier molecular flexibility index (Phi) is 2.81. The Bertz CT molecular complexity index is 790. The Morgan fingerprint density at radius 3 is 3.05 bits per heavy atom. The number of aryl methyl sites for hydroxylation is 1. The molecule has 3 aromatic rings. The van der Waals surface area contributed by atoms with Crippen LogP contribution < -0.4 is 10.6 Å². The van der Waals surface area contributed by atoms with Crippen molar-refractivity contribution in [3.05, 3.63) is 53.9 Å². The van der Waals surface area contributed by atoms with Gasteiger partial charge < -0.3 is 15.6 Å². The molecular formula is C17H18N4. The maximum Gasteiger partial charge on any atom is 0.126 e. The molecule has 2 heterocycles. The highest BCUT2D eigenvalue weighted by atomic mass is 15.2. The summed E-state index contributed by atoms with van der Waals surface area (Å²) in [7, 11) is 0. The van der Waals surface area contributed by atoms with Crippen molar-refractivity contribution in [3.63, 3.8) is 0 Å². The van der Waals surface area contributed by atoms with Gasteiger partial charge in [-0.2, -0.15) is 0 Å². The van der Waals surface area contributed by atoms with Crippen molar-refractivity contribution in [1.82, 2.24) is 9.97 Å². The molecule has 1 aromatic heterocycles. The smallest absolute Gasteiger partial charge is 0.126 e. The van der Waals surface area contributed by atoms with E-state index in [0.717, 1.165) is 35.6 Å². The van der Waals surface area contributed by atoms with Crippen LogP contribution in [-0.2, 0) is 13.0 Å². The van der Waals surface area contributed by atoms with Gasteiger partial charge in [-0.3, -0.25) is 0 Å². The van der Waals surface area contributed by atoms with Gasteiger partial charge in [0, 0.05) is 17.9 Å². The molecule has 21 heavy (non-hydrogen) atoms. The zero-order valence-corrected chi connectivity index (χ0v) is 11.8. The molecule has 0 atom stereocenters. The number of para-hydroxylation sites is 1. The van der Waals surface area contributed by atoms with E-state index in [1.807, 2.05) is 18.2 Å². The van der Waals surface area contributed by atoms with Gasteiger partial charge in [0.05, 0.1) is 17.6 Å². The molecule has 4 heteroatoms. The first kappa shape index (κ1) is 12.3. The fourth-order valence-electron chi connectivity index (χ4n) is 3.11. The number of anilines is 2. The van der Waals surface area contributed by atoms with Crippen LogP contribution in [-0.4, -0.2) is 16.5 Å². The molecule has 0 amide bonds. The molecular weight excluding hydrogens is 260 g/mol. The third kappa shape index (κ3) is 2.23. The lowest BCUT2D eigenvalue weighted by atomic mass is 10.0. The second-order valence-corrected chi connectivity index (χ2v) is 5.61. The van der Waals surface area contributed by atoms with Gasteiger partial charge in [0.25, 0.3) is 0 Å². The molecule has 0 saturated heterocycles. The predicted molar refractivity (Wildman–Crippen MR) is 86.3 cm³/mol. The molecule has 0 fully saturated rings. The number of H-pyrrole nitrogens is 1. The Morgan fingerprint density at radius 2 is 2.10 bits per heavy atom. The first-order chi connectivity index (χ1) is 10.3. The van der Waals surface area contributed by atoms with E-state index in [1.54, 1.807) is 0 Å². The van der Waals surface area contributed by atoms with Gasteiger partial charge in [0.1, 0.15) is 5.82 Å².